The van der Waals surface area contributed by atoms with E-state index in [-0.39, 0.29) is 29.8 Å². The van der Waals surface area contributed by atoms with Crippen LogP contribution in [0.1, 0.15) is 30.1 Å². The van der Waals surface area contributed by atoms with Crippen molar-refractivity contribution in [2.75, 3.05) is 25.0 Å². The second-order valence-corrected chi connectivity index (χ2v) is 4.99. The van der Waals surface area contributed by atoms with Gasteiger partial charge in [0.1, 0.15) is 0 Å². The number of nitro benzene ring substituents is 1. The Morgan fingerprint density at radius 3 is 2.95 bits per heavy atom. The molecule has 1 atom stereocenters. The summed E-state index contributed by atoms with van der Waals surface area (Å²) in [5, 5.41) is 23.3. The minimum Gasteiger partial charge on any atom is -0.394 e. The molecule has 1 fully saturated rings. The molecule has 0 spiro atoms. The standard InChI is InChI=1S/C14H19N3O4/c1-2-15-13-6-5-10(17(20)21)8-12(13)14(19)16-7-3-4-11(16)9-18/h5-6,8,11,15,18H,2-4,7,9H2,1H3. The van der Waals surface area contributed by atoms with Gasteiger partial charge in [0.2, 0.25) is 0 Å². The number of benzene rings is 1. The third-order valence-corrected chi connectivity index (χ3v) is 3.66. The van der Waals surface area contributed by atoms with E-state index in [1.807, 2.05) is 6.92 Å². The van der Waals surface area contributed by atoms with Crippen LogP contribution in [-0.4, -0.2) is 46.6 Å². The lowest BCUT2D eigenvalue weighted by molar-refractivity contribution is -0.384. The second kappa shape index (κ2) is 6.53. The minimum atomic E-state index is -0.514. The molecule has 1 aliphatic rings. The monoisotopic (exact) mass is 293 g/mol. The number of carbonyl (C=O) groups is 1. The number of hydrogen-bond acceptors (Lipinski definition) is 5. The Balaban J connectivity index is 2.37. The summed E-state index contributed by atoms with van der Waals surface area (Å²) in [5.74, 6) is -0.272. The SMILES string of the molecule is CCNc1ccc([N+](=O)[O-])cc1C(=O)N1CCCC1CO. The van der Waals surface area contributed by atoms with Crippen molar-refractivity contribution in [3.05, 3.63) is 33.9 Å². The highest BCUT2D eigenvalue weighted by Crippen LogP contribution is 2.27. The average molecular weight is 293 g/mol. The van der Waals surface area contributed by atoms with E-state index in [1.54, 1.807) is 11.0 Å². The van der Waals surface area contributed by atoms with Gasteiger partial charge in [-0.2, -0.15) is 0 Å². The van der Waals surface area contributed by atoms with Crippen LogP contribution in [0.15, 0.2) is 18.2 Å². The summed E-state index contributed by atoms with van der Waals surface area (Å²) in [5.41, 5.74) is 0.753. The molecule has 1 unspecified atom stereocenters. The minimum absolute atomic E-state index is 0.0861. The van der Waals surface area contributed by atoms with E-state index >= 15 is 0 Å². The van der Waals surface area contributed by atoms with Gasteiger partial charge in [0.05, 0.1) is 23.1 Å². The number of rotatable bonds is 5. The maximum Gasteiger partial charge on any atom is 0.270 e. The van der Waals surface area contributed by atoms with Crippen LogP contribution in [0.2, 0.25) is 0 Å². The van der Waals surface area contributed by atoms with Crippen molar-refractivity contribution >= 4 is 17.3 Å². The van der Waals surface area contributed by atoms with Crippen molar-refractivity contribution in [1.82, 2.24) is 4.90 Å². The van der Waals surface area contributed by atoms with Crippen LogP contribution in [0.25, 0.3) is 0 Å². The van der Waals surface area contributed by atoms with Crippen LogP contribution in [0.5, 0.6) is 0 Å². The summed E-state index contributed by atoms with van der Waals surface area (Å²) in [6, 6.07) is 4.03. The van der Waals surface area contributed by atoms with Crippen LogP contribution < -0.4 is 5.32 Å². The van der Waals surface area contributed by atoms with Crippen LogP contribution in [-0.2, 0) is 0 Å². The molecule has 0 saturated carbocycles. The summed E-state index contributed by atoms with van der Waals surface area (Å²) >= 11 is 0. The fraction of sp³-hybridized carbons (Fsp3) is 0.500. The van der Waals surface area contributed by atoms with Gasteiger partial charge in [0.25, 0.3) is 11.6 Å². The molecule has 1 aliphatic heterocycles. The number of likely N-dealkylation sites (tertiary alicyclic amines) is 1. The van der Waals surface area contributed by atoms with Gasteiger partial charge < -0.3 is 15.3 Å². The zero-order valence-corrected chi connectivity index (χ0v) is 11.9. The lowest BCUT2D eigenvalue weighted by Gasteiger charge is -2.24. The molecule has 7 heteroatoms. The Bertz CT molecular complexity index is 547. The molecule has 114 valence electrons. The van der Waals surface area contributed by atoms with Crippen LogP contribution >= 0.6 is 0 Å². The van der Waals surface area contributed by atoms with E-state index in [1.165, 1.54) is 12.1 Å². The molecule has 21 heavy (non-hydrogen) atoms. The van der Waals surface area contributed by atoms with E-state index in [9.17, 15) is 20.0 Å². The van der Waals surface area contributed by atoms with E-state index in [2.05, 4.69) is 5.32 Å². The first-order valence-electron chi connectivity index (χ1n) is 7.02. The summed E-state index contributed by atoms with van der Waals surface area (Å²) < 4.78 is 0. The van der Waals surface area contributed by atoms with Crippen molar-refractivity contribution in [1.29, 1.82) is 0 Å². The van der Waals surface area contributed by atoms with E-state index in [0.29, 0.717) is 18.8 Å². The van der Waals surface area contributed by atoms with Gasteiger partial charge in [-0.15, -0.1) is 0 Å². The average Bonchev–Trinajstić information content (AvgIpc) is 2.95. The number of nitrogens with one attached hydrogen (secondary N) is 1. The van der Waals surface area contributed by atoms with Gasteiger partial charge in [0, 0.05) is 30.9 Å². The number of aliphatic hydroxyl groups is 1. The maximum atomic E-state index is 12.6. The second-order valence-electron chi connectivity index (χ2n) is 4.99. The van der Waals surface area contributed by atoms with Gasteiger partial charge in [-0.3, -0.25) is 14.9 Å². The molecule has 1 aromatic rings. The predicted octanol–water partition coefficient (Wildman–Crippen LogP) is 1.62. The third kappa shape index (κ3) is 3.13. The molecular formula is C14H19N3O4. The quantitative estimate of drug-likeness (QED) is 0.635. The Morgan fingerprint density at radius 2 is 2.33 bits per heavy atom. The highest BCUT2D eigenvalue weighted by Gasteiger charge is 2.30. The predicted molar refractivity (Wildman–Crippen MR) is 78.4 cm³/mol. The number of nitro groups is 1. The topological polar surface area (TPSA) is 95.7 Å². The van der Waals surface area contributed by atoms with Gasteiger partial charge in [-0.05, 0) is 25.8 Å². The highest BCUT2D eigenvalue weighted by atomic mass is 16.6. The zero-order valence-electron chi connectivity index (χ0n) is 11.9. The lowest BCUT2D eigenvalue weighted by Crippen LogP contribution is -2.38. The van der Waals surface area contributed by atoms with Crippen LogP contribution in [0.3, 0.4) is 0 Å². The van der Waals surface area contributed by atoms with Gasteiger partial charge in [0.15, 0.2) is 0 Å². The number of non-ortho nitro benzene ring substituents is 1. The first kappa shape index (κ1) is 15.2. The first-order valence-corrected chi connectivity index (χ1v) is 7.02. The number of aliphatic hydroxyl groups excluding tert-OH is 1. The van der Waals surface area contributed by atoms with E-state index in [4.69, 9.17) is 0 Å². The Labute approximate surface area is 122 Å². The Kier molecular flexibility index (Phi) is 4.74. The largest absolute Gasteiger partial charge is 0.394 e. The fourth-order valence-electron chi connectivity index (χ4n) is 2.61. The molecule has 2 N–H and O–H groups in total. The van der Waals surface area contributed by atoms with Crippen molar-refractivity contribution in [2.24, 2.45) is 0 Å². The molecule has 7 nitrogen and oxygen atoms in total. The van der Waals surface area contributed by atoms with Gasteiger partial charge in [-0.1, -0.05) is 0 Å². The smallest absolute Gasteiger partial charge is 0.270 e. The molecule has 1 aromatic carbocycles. The van der Waals surface area contributed by atoms with Crippen molar-refractivity contribution in [3.63, 3.8) is 0 Å². The Morgan fingerprint density at radius 1 is 1.57 bits per heavy atom. The third-order valence-electron chi connectivity index (χ3n) is 3.66. The Hall–Kier alpha value is -2.15. The van der Waals surface area contributed by atoms with Gasteiger partial charge >= 0.3 is 0 Å². The number of amides is 1. The molecular weight excluding hydrogens is 274 g/mol. The summed E-state index contributed by atoms with van der Waals surface area (Å²) in [4.78, 5) is 24.6. The normalized spacial score (nSPS) is 17.8. The first-order chi connectivity index (χ1) is 10.1. The van der Waals surface area contributed by atoms with Gasteiger partial charge in [-0.25, -0.2) is 0 Å². The van der Waals surface area contributed by atoms with Crippen LogP contribution in [0.4, 0.5) is 11.4 Å². The number of hydrogen-bond donors (Lipinski definition) is 2. The van der Waals surface area contributed by atoms with Crippen molar-refractivity contribution in [2.45, 2.75) is 25.8 Å². The molecule has 1 heterocycles. The molecule has 0 bridgehead atoms. The lowest BCUT2D eigenvalue weighted by atomic mass is 10.1. The summed E-state index contributed by atoms with van der Waals surface area (Å²) in [6.07, 6.45) is 1.59. The number of nitrogens with zero attached hydrogens (tertiary/aromatic N) is 2. The summed E-state index contributed by atoms with van der Waals surface area (Å²) in [6.45, 7) is 2.99. The van der Waals surface area contributed by atoms with E-state index in [0.717, 1.165) is 12.8 Å². The van der Waals surface area contributed by atoms with Crippen molar-refractivity contribution < 1.29 is 14.8 Å². The molecule has 1 amide bonds. The summed E-state index contributed by atoms with van der Waals surface area (Å²) in [7, 11) is 0. The molecule has 0 aromatic heterocycles. The molecule has 1 saturated heterocycles. The molecule has 2 rings (SSSR count). The molecule has 0 radical (unpaired) electrons. The van der Waals surface area contributed by atoms with Crippen molar-refractivity contribution in [3.8, 4) is 0 Å². The van der Waals surface area contributed by atoms with E-state index < -0.39 is 4.92 Å². The van der Waals surface area contributed by atoms with Crippen LogP contribution in [0, 0.1) is 10.1 Å². The highest BCUT2D eigenvalue weighted by molar-refractivity contribution is 6.00. The maximum absolute atomic E-state index is 12.6. The zero-order chi connectivity index (χ0) is 15.4. The number of anilines is 1. The fourth-order valence-corrected chi connectivity index (χ4v) is 2.61. The molecule has 0 aliphatic carbocycles. The number of carbonyl (C=O) groups excluding carboxylic acids is 1.